The van der Waals surface area contributed by atoms with Gasteiger partial charge >= 0.3 is 0 Å². The van der Waals surface area contributed by atoms with Crippen LogP contribution in [0.2, 0.25) is 0 Å². The molecule has 1 unspecified atom stereocenters. The molecule has 0 aliphatic carbocycles. The van der Waals surface area contributed by atoms with Crippen LogP contribution in [0.1, 0.15) is 28.5 Å². The van der Waals surface area contributed by atoms with Gasteiger partial charge in [-0.15, -0.1) is 11.3 Å². The summed E-state index contributed by atoms with van der Waals surface area (Å²) >= 11 is 1.59. The molecule has 1 atom stereocenters. The van der Waals surface area contributed by atoms with Crippen molar-refractivity contribution in [3.8, 4) is 6.07 Å². The monoisotopic (exact) mass is 278 g/mol. The summed E-state index contributed by atoms with van der Waals surface area (Å²) in [5, 5.41) is 14.2. The molecule has 0 aliphatic heterocycles. The average Bonchev–Trinajstić information content (AvgIpc) is 2.93. The predicted molar refractivity (Wildman–Crippen MR) is 70.9 cm³/mol. The molecule has 1 N–H and O–H groups in total. The Morgan fingerprint density at radius 3 is 2.63 bits per heavy atom. The number of alkyl halides is 2. The molecule has 0 bridgehead atoms. The maximum absolute atomic E-state index is 12.6. The second kappa shape index (κ2) is 6.41. The van der Waals surface area contributed by atoms with Crippen molar-refractivity contribution >= 4 is 11.3 Å². The topological polar surface area (TPSA) is 35.8 Å². The third kappa shape index (κ3) is 3.60. The lowest BCUT2D eigenvalue weighted by atomic mass is 10.0. The number of benzene rings is 1. The van der Waals surface area contributed by atoms with Crippen molar-refractivity contribution in [3.63, 3.8) is 0 Å². The van der Waals surface area contributed by atoms with Gasteiger partial charge in [0, 0.05) is 17.0 Å². The highest BCUT2D eigenvalue weighted by molar-refractivity contribution is 7.09. The highest BCUT2D eigenvalue weighted by Gasteiger charge is 2.13. The van der Waals surface area contributed by atoms with Gasteiger partial charge in [0.15, 0.2) is 0 Å². The van der Waals surface area contributed by atoms with E-state index in [4.69, 9.17) is 5.26 Å². The molecule has 0 amide bonds. The van der Waals surface area contributed by atoms with Crippen LogP contribution in [-0.2, 0) is 6.54 Å². The lowest BCUT2D eigenvalue weighted by molar-refractivity contribution is 0.151. The fourth-order valence-corrected chi connectivity index (χ4v) is 2.38. The molecule has 2 rings (SSSR count). The third-order valence-electron chi connectivity index (χ3n) is 2.69. The number of rotatable bonds is 5. The summed E-state index contributed by atoms with van der Waals surface area (Å²) in [5.41, 5.74) is 0.507. The molecule has 5 heteroatoms. The van der Waals surface area contributed by atoms with Crippen molar-refractivity contribution in [2.24, 2.45) is 0 Å². The molecule has 1 heterocycles. The Hall–Kier alpha value is -1.77. The molecular weight excluding hydrogens is 266 g/mol. The Morgan fingerprint density at radius 1 is 1.21 bits per heavy atom. The van der Waals surface area contributed by atoms with E-state index in [1.807, 2.05) is 17.5 Å². The zero-order valence-electron chi connectivity index (χ0n) is 10.0. The maximum atomic E-state index is 12.6. The molecule has 0 radical (unpaired) electrons. The molecule has 19 heavy (non-hydrogen) atoms. The first kappa shape index (κ1) is 13.7. The molecule has 0 aliphatic rings. The number of nitriles is 1. The lowest BCUT2D eigenvalue weighted by Crippen LogP contribution is -2.19. The number of hydrogen-bond donors (Lipinski definition) is 1. The molecular formula is C14H12F2N2S. The minimum Gasteiger partial charge on any atom is -0.293 e. The number of hydrogen-bond acceptors (Lipinski definition) is 3. The fraction of sp³-hybridized carbons (Fsp3) is 0.214. The Morgan fingerprint density at radius 2 is 2.00 bits per heavy atom. The van der Waals surface area contributed by atoms with Crippen molar-refractivity contribution < 1.29 is 8.78 Å². The van der Waals surface area contributed by atoms with E-state index in [1.165, 1.54) is 12.1 Å². The maximum Gasteiger partial charge on any atom is 0.263 e. The lowest BCUT2D eigenvalue weighted by Gasteiger charge is -2.12. The second-order valence-electron chi connectivity index (χ2n) is 3.99. The summed E-state index contributed by atoms with van der Waals surface area (Å²) in [6.45, 7) is 0.550. The van der Waals surface area contributed by atoms with Crippen molar-refractivity contribution in [3.05, 3.63) is 57.8 Å². The van der Waals surface area contributed by atoms with Gasteiger partial charge in [0.1, 0.15) is 6.04 Å². The number of nitrogens with zero attached hydrogens (tertiary/aromatic N) is 1. The fourth-order valence-electron chi connectivity index (χ4n) is 1.73. The first-order valence-electron chi connectivity index (χ1n) is 5.74. The molecule has 0 fully saturated rings. The zero-order chi connectivity index (χ0) is 13.7. The summed E-state index contributed by atoms with van der Waals surface area (Å²) in [6.07, 6.45) is -2.52. The van der Waals surface area contributed by atoms with Crippen LogP contribution < -0.4 is 5.32 Å². The summed E-state index contributed by atoms with van der Waals surface area (Å²) in [4.78, 5) is 1.10. The Balaban J connectivity index is 2.09. The van der Waals surface area contributed by atoms with Crippen LogP contribution in [0.3, 0.4) is 0 Å². The Bertz CT molecular complexity index is 561. The van der Waals surface area contributed by atoms with Crippen LogP contribution in [0.15, 0.2) is 41.8 Å². The number of thiophene rings is 1. The van der Waals surface area contributed by atoms with Gasteiger partial charge in [-0.2, -0.15) is 5.26 Å². The van der Waals surface area contributed by atoms with E-state index < -0.39 is 12.5 Å². The normalized spacial score (nSPS) is 12.3. The van der Waals surface area contributed by atoms with E-state index >= 15 is 0 Å². The van der Waals surface area contributed by atoms with E-state index in [1.54, 1.807) is 23.5 Å². The number of halogens is 2. The highest BCUT2D eigenvalue weighted by Crippen LogP contribution is 2.22. The van der Waals surface area contributed by atoms with Crippen molar-refractivity contribution in [2.75, 3.05) is 0 Å². The quantitative estimate of drug-likeness (QED) is 0.896. The Labute approximate surface area is 114 Å². The van der Waals surface area contributed by atoms with Gasteiger partial charge in [0.25, 0.3) is 6.43 Å². The second-order valence-corrected chi connectivity index (χ2v) is 5.03. The summed E-state index contributed by atoms with van der Waals surface area (Å²) in [6, 6.07) is 11.4. The molecule has 2 aromatic rings. The highest BCUT2D eigenvalue weighted by atomic mass is 32.1. The van der Waals surface area contributed by atoms with Crippen LogP contribution in [0, 0.1) is 11.3 Å². The van der Waals surface area contributed by atoms with Crippen LogP contribution >= 0.6 is 11.3 Å². The standard InChI is InChI=1S/C14H12F2N2S/c15-14(16)11-4-1-3-10(7-11)13(8-17)18-9-12-5-2-6-19-12/h1-7,13-14,18H,9H2. The summed E-state index contributed by atoms with van der Waals surface area (Å²) < 4.78 is 25.2. The first-order valence-corrected chi connectivity index (χ1v) is 6.62. The van der Waals surface area contributed by atoms with Gasteiger partial charge < -0.3 is 0 Å². The largest absolute Gasteiger partial charge is 0.293 e. The van der Waals surface area contributed by atoms with Gasteiger partial charge in [-0.25, -0.2) is 8.78 Å². The number of nitrogens with one attached hydrogen (secondary N) is 1. The van der Waals surface area contributed by atoms with E-state index in [2.05, 4.69) is 11.4 Å². The van der Waals surface area contributed by atoms with Crippen molar-refractivity contribution in [2.45, 2.75) is 19.0 Å². The smallest absolute Gasteiger partial charge is 0.263 e. The van der Waals surface area contributed by atoms with Crippen LogP contribution in [0.25, 0.3) is 0 Å². The van der Waals surface area contributed by atoms with Gasteiger partial charge in [-0.05, 0) is 23.1 Å². The van der Waals surface area contributed by atoms with Crippen LogP contribution in [0.5, 0.6) is 0 Å². The van der Waals surface area contributed by atoms with E-state index in [9.17, 15) is 8.78 Å². The predicted octanol–water partition coefficient (Wildman–Crippen LogP) is 4.04. The van der Waals surface area contributed by atoms with Gasteiger partial charge in [0.05, 0.1) is 6.07 Å². The zero-order valence-corrected chi connectivity index (χ0v) is 10.8. The SMILES string of the molecule is N#CC(NCc1cccs1)c1cccc(C(F)F)c1. The first-order chi connectivity index (χ1) is 9.20. The molecule has 1 aromatic heterocycles. The van der Waals surface area contributed by atoms with Gasteiger partial charge in [-0.3, -0.25) is 5.32 Å². The minimum atomic E-state index is -2.52. The molecule has 0 spiro atoms. The summed E-state index contributed by atoms with van der Waals surface area (Å²) in [5.74, 6) is 0. The van der Waals surface area contributed by atoms with E-state index in [0.717, 1.165) is 4.88 Å². The van der Waals surface area contributed by atoms with Crippen molar-refractivity contribution in [1.82, 2.24) is 5.32 Å². The van der Waals surface area contributed by atoms with Crippen molar-refractivity contribution in [1.29, 1.82) is 5.26 Å². The minimum absolute atomic E-state index is 0.0596. The summed E-state index contributed by atoms with van der Waals surface area (Å²) in [7, 11) is 0. The van der Waals surface area contributed by atoms with E-state index in [-0.39, 0.29) is 5.56 Å². The molecule has 0 saturated heterocycles. The molecule has 2 nitrogen and oxygen atoms in total. The molecule has 0 saturated carbocycles. The van der Waals surface area contributed by atoms with E-state index in [0.29, 0.717) is 12.1 Å². The third-order valence-corrected chi connectivity index (χ3v) is 3.56. The van der Waals surface area contributed by atoms with Crippen LogP contribution in [-0.4, -0.2) is 0 Å². The van der Waals surface area contributed by atoms with Crippen LogP contribution in [0.4, 0.5) is 8.78 Å². The van der Waals surface area contributed by atoms with Gasteiger partial charge in [-0.1, -0.05) is 24.3 Å². The molecule has 98 valence electrons. The molecule has 1 aromatic carbocycles. The Kier molecular flexibility index (Phi) is 4.61. The average molecular weight is 278 g/mol. The van der Waals surface area contributed by atoms with Gasteiger partial charge in [0.2, 0.25) is 0 Å².